The predicted octanol–water partition coefficient (Wildman–Crippen LogP) is 1.42. The first-order valence-electron chi connectivity index (χ1n) is 7.27. The Morgan fingerprint density at radius 3 is 2.38 bits per heavy atom. The molecule has 1 aromatic rings. The van der Waals surface area contributed by atoms with Crippen LogP contribution < -0.4 is 5.73 Å². The Morgan fingerprint density at radius 1 is 1.19 bits per heavy atom. The molecule has 6 heteroatoms. The molecule has 0 spiro atoms. The predicted molar refractivity (Wildman–Crippen MR) is 86.7 cm³/mol. The fourth-order valence-corrected chi connectivity index (χ4v) is 3.73. The van der Waals surface area contributed by atoms with Crippen molar-refractivity contribution in [1.82, 2.24) is 9.21 Å². The highest BCUT2D eigenvalue weighted by Crippen LogP contribution is 2.19. The van der Waals surface area contributed by atoms with Crippen LogP contribution in [0.5, 0.6) is 0 Å². The van der Waals surface area contributed by atoms with E-state index >= 15 is 0 Å². The second-order valence-electron chi connectivity index (χ2n) is 5.45. The molecule has 0 aliphatic carbocycles. The van der Waals surface area contributed by atoms with Gasteiger partial charge in [0.1, 0.15) is 0 Å². The fraction of sp³-hybridized carbons (Fsp3) is 0.600. The SMILES string of the molecule is CCN(CCCN(C)C)S(=O)(=O)c1ccc(C)c(CN)c1. The summed E-state index contributed by atoms with van der Waals surface area (Å²) in [6, 6.07) is 5.18. The lowest BCUT2D eigenvalue weighted by Gasteiger charge is -2.22. The van der Waals surface area contributed by atoms with Crippen LogP contribution in [0.2, 0.25) is 0 Å². The first-order valence-corrected chi connectivity index (χ1v) is 8.71. The molecule has 120 valence electrons. The third kappa shape index (κ3) is 4.78. The van der Waals surface area contributed by atoms with E-state index < -0.39 is 10.0 Å². The van der Waals surface area contributed by atoms with Gasteiger partial charge in [0.2, 0.25) is 10.0 Å². The first-order chi connectivity index (χ1) is 9.82. The van der Waals surface area contributed by atoms with Gasteiger partial charge in [-0.15, -0.1) is 0 Å². The molecule has 0 aliphatic heterocycles. The van der Waals surface area contributed by atoms with Crippen molar-refractivity contribution in [2.45, 2.75) is 31.7 Å². The molecule has 0 atom stereocenters. The molecule has 21 heavy (non-hydrogen) atoms. The van der Waals surface area contributed by atoms with Crippen molar-refractivity contribution < 1.29 is 8.42 Å². The van der Waals surface area contributed by atoms with Crippen LogP contribution in [0.3, 0.4) is 0 Å². The number of benzene rings is 1. The third-order valence-electron chi connectivity index (χ3n) is 3.54. The Bertz CT molecular complexity index is 556. The van der Waals surface area contributed by atoms with Crippen molar-refractivity contribution in [3.05, 3.63) is 29.3 Å². The molecule has 0 unspecified atom stereocenters. The molecular formula is C15H27N3O2S. The average Bonchev–Trinajstić information content (AvgIpc) is 2.43. The van der Waals surface area contributed by atoms with Gasteiger partial charge in [-0.3, -0.25) is 0 Å². The quantitative estimate of drug-likeness (QED) is 0.788. The van der Waals surface area contributed by atoms with Gasteiger partial charge in [-0.2, -0.15) is 4.31 Å². The molecule has 0 amide bonds. The number of sulfonamides is 1. The van der Waals surface area contributed by atoms with Gasteiger partial charge in [0.25, 0.3) is 0 Å². The van der Waals surface area contributed by atoms with Crippen molar-refractivity contribution in [1.29, 1.82) is 0 Å². The normalized spacial score (nSPS) is 12.3. The molecule has 5 nitrogen and oxygen atoms in total. The molecule has 0 heterocycles. The smallest absolute Gasteiger partial charge is 0.243 e. The van der Waals surface area contributed by atoms with Gasteiger partial charge < -0.3 is 10.6 Å². The van der Waals surface area contributed by atoms with E-state index in [-0.39, 0.29) is 0 Å². The molecule has 0 aromatic heterocycles. The molecule has 1 rings (SSSR count). The molecule has 0 bridgehead atoms. The maximum absolute atomic E-state index is 12.7. The van der Waals surface area contributed by atoms with E-state index in [0.717, 1.165) is 24.1 Å². The summed E-state index contributed by atoms with van der Waals surface area (Å²) in [5.74, 6) is 0. The van der Waals surface area contributed by atoms with Gasteiger partial charge in [-0.1, -0.05) is 13.0 Å². The van der Waals surface area contributed by atoms with Gasteiger partial charge in [0.15, 0.2) is 0 Å². The van der Waals surface area contributed by atoms with E-state index in [1.165, 1.54) is 4.31 Å². The summed E-state index contributed by atoms with van der Waals surface area (Å²) < 4.78 is 26.9. The van der Waals surface area contributed by atoms with E-state index in [0.29, 0.717) is 24.5 Å². The van der Waals surface area contributed by atoms with E-state index in [1.807, 2.05) is 34.0 Å². The van der Waals surface area contributed by atoms with Gasteiger partial charge in [0.05, 0.1) is 4.90 Å². The molecule has 1 aromatic carbocycles. The maximum atomic E-state index is 12.7. The van der Waals surface area contributed by atoms with Crippen LogP contribution in [0.1, 0.15) is 24.5 Å². The molecule has 0 radical (unpaired) electrons. The Kier molecular flexibility index (Phi) is 6.80. The van der Waals surface area contributed by atoms with Gasteiger partial charge in [0, 0.05) is 19.6 Å². The molecule has 0 aliphatic rings. The van der Waals surface area contributed by atoms with Crippen LogP contribution in [0.4, 0.5) is 0 Å². The van der Waals surface area contributed by atoms with Crippen LogP contribution in [-0.2, 0) is 16.6 Å². The summed E-state index contributed by atoms with van der Waals surface area (Å²) in [5, 5.41) is 0. The van der Waals surface area contributed by atoms with Crippen LogP contribution in [0.15, 0.2) is 23.1 Å². The number of rotatable bonds is 8. The highest BCUT2D eigenvalue weighted by Gasteiger charge is 2.23. The first kappa shape index (κ1) is 18.1. The average molecular weight is 313 g/mol. The summed E-state index contributed by atoms with van der Waals surface area (Å²) in [6.45, 7) is 6.03. The van der Waals surface area contributed by atoms with Crippen molar-refractivity contribution in [2.75, 3.05) is 33.7 Å². The molecule has 0 saturated carbocycles. The fourth-order valence-electron chi connectivity index (χ4n) is 2.19. The van der Waals surface area contributed by atoms with Crippen LogP contribution >= 0.6 is 0 Å². The molecule has 0 saturated heterocycles. The summed E-state index contributed by atoms with van der Waals surface area (Å²) in [4.78, 5) is 2.39. The Morgan fingerprint density at radius 2 is 1.86 bits per heavy atom. The van der Waals surface area contributed by atoms with Gasteiger partial charge in [-0.25, -0.2) is 8.42 Å². The minimum atomic E-state index is -3.44. The van der Waals surface area contributed by atoms with E-state index in [2.05, 4.69) is 4.90 Å². The Hall–Kier alpha value is -0.950. The minimum absolute atomic E-state index is 0.334. The topological polar surface area (TPSA) is 66.6 Å². The van der Waals surface area contributed by atoms with Crippen LogP contribution in [0, 0.1) is 6.92 Å². The zero-order valence-corrected chi connectivity index (χ0v) is 14.3. The minimum Gasteiger partial charge on any atom is -0.326 e. The van der Waals surface area contributed by atoms with Crippen LogP contribution in [0.25, 0.3) is 0 Å². The second kappa shape index (κ2) is 7.89. The molecule has 0 fully saturated rings. The zero-order valence-electron chi connectivity index (χ0n) is 13.5. The zero-order chi connectivity index (χ0) is 16.0. The molecular weight excluding hydrogens is 286 g/mol. The summed E-state index contributed by atoms with van der Waals surface area (Å²) in [6.07, 6.45) is 0.815. The number of aryl methyl sites for hydroxylation is 1. The van der Waals surface area contributed by atoms with Crippen molar-refractivity contribution >= 4 is 10.0 Å². The number of hydrogen-bond donors (Lipinski definition) is 1. The monoisotopic (exact) mass is 313 g/mol. The number of hydrogen-bond acceptors (Lipinski definition) is 4. The number of nitrogens with zero attached hydrogens (tertiary/aromatic N) is 2. The van der Waals surface area contributed by atoms with Crippen molar-refractivity contribution in [3.8, 4) is 0 Å². The van der Waals surface area contributed by atoms with E-state index in [4.69, 9.17) is 5.73 Å². The highest BCUT2D eigenvalue weighted by atomic mass is 32.2. The lowest BCUT2D eigenvalue weighted by atomic mass is 10.1. The second-order valence-corrected chi connectivity index (χ2v) is 7.38. The van der Waals surface area contributed by atoms with Crippen molar-refractivity contribution in [2.24, 2.45) is 5.73 Å². The highest BCUT2D eigenvalue weighted by molar-refractivity contribution is 7.89. The summed E-state index contributed by atoms with van der Waals surface area (Å²) in [5.41, 5.74) is 7.57. The van der Waals surface area contributed by atoms with E-state index in [9.17, 15) is 8.42 Å². The van der Waals surface area contributed by atoms with E-state index in [1.54, 1.807) is 12.1 Å². The third-order valence-corrected chi connectivity index (χ3v) is 5.51. The van der Waals surface area contributed by atoms with Crippen LogP contribution in [-0.4, -0.2) is 51.4 Å². The lowest BCUT2D eigenvalue weighted by Crippen LogP contribution is -2.33. The lowest BCUT2D eigenvalue weighted by molar-refractivity contribution is 0.356. The standard InChI is InChI=1S/C15H27N3O2S/c1-5-18(10-6-9-17(3)4)21(19,20)15-8-7-13(2)14(11-15)12-16/h7-8,11H,5-6,9-10,12,16H2,1-4H3. The summed E-state index contributed by atoms with van der Waals surface area (Å²) in [7, 11) is 0.530. The number of nitrogens with two attached hydrogens (primary N) is 1. The summed E-state index contributed by atoms with van der Waals surface area (Å²) >= 11 is 0. The van der Waals surface area contributed by atoms with Gasteiger partial charge >= 0.3 is 0 Å². The maximum Gasteiger partial charge on any atom is 0.243 e. The molecule has 2 N–H and O–H groups in total. The van der Waals surface area contributed by atoms with Gasteiger partial charge in [-0.05, 0) is 57.2 Å². The Balaban J connectivity index is 2.96. The Labute approximate surface area is 128 Å². The largest absolute Gasteiger partial charge is 0.326 e. The van der Waals surface area contributed by atoms with Crippen molar-refractivity contribution in [3.63, 3.8) is 0 Å².